The van der Waals surface area contributed by atoms with E-state index in [0.717, 1.165) is 22.5 Å². The summed E-state index contributed by atoms with van der Waals surface area (Å²) in [6.07, 6.45) is 0. The Morgan fingerprint density at radius 1 is 1.13 bits per heavy atom. The van der Waals surface area contributed by atoms with Gasteiger partial charge in [0.25, 0.3) is 5.91 Å². The van der Waals surface area contributed by atoms with E-state index in [1.807, 2.05) is 61.5 Å². The average Bonchev–Trinajstić information content (AvgIpc) is 3.16. The lowest BCUT2D eigenvalue weighted by atomic mass is 10.1. The first kappa shape index (κ1) is 21.3. The first-order chi connectivity index (χ1) is 15.0. The van der Waals surface area contributed by atoms with Gasteiger partial charge in [0.2, 0.25) is 5.91 Å². The van der Waals surface area contributed by atoms with Gasteiger partial charge in [-0.25, -0.2) is 0 Å². The first-order valence-corrected chi connectivity index (χ1v) is 11.2. The van der Waals surface area contributed by atoms with Crippen molar-refractivity contribution in [1.82, 2.24) is 0 Å². The molecule has 0 saturated carbocycles. The summed E-state index contributed by atoms with van der Waals surface area (Å²) < 4.78 is 5.71. The van der Waals surface area contributed by atoms with Crippen LogP contribution in [-0.4, -0.2) is 24.2 Å². The van der Waals surface area contributed by atoms with Gasteiger partial charge in [0.05, 0.1) is 5.75 Å². The highest BCUT2D eigenvalue weighted by Gasteiger charge is 2.34. The van der Waals surface area contributed by atoms with Crippen LogP contribution in [0.4, 0.5) is 11.4 Å². The van der Waals surface area contributed by atoms with Crippen LogP contribution >= 0.6 is 23.4 Å². The second-order valence-corrected chi connectivity index (χ2v) is 8.68. The standard InChI is InChI=1S/C24H21ClN2O3S/c1-16-5-9-19(10-6-16)26-22(28)14-30-21-4-2-3-17(13-21)24-27(23(29)15-31-24)20-11-7-18(25)8-12-20/h2-13,24H,14-15H2,1H3,(H,26,28)/t24-/m0/s1. The van der Waals surface area contributed by atoms with Crippen molar-refractivity contribution in [2.24, 2.45) is 0 Å². The molecule has 1 saturated heterocycles. The molecule has 3 aromatic carbocycles. The minimum Gasteiger partial charge on any atom is -0.484 e. The second-order valence-electron chi connectivity index (χ2n) is 7.18. The maximum absolute atomic E-state index is 12.5. The quantitative estimate of drug-likeness (QED) is 0.540. The highest BCUT2D eigenvalue weighted by Crippen LogP contribution is 2.42. The fourth-order valence-corrected chi connectivity index (χ4v) is 4.59. The number of amides is 2. The lowest BCUT2D eigenvalue weighted by molar-refractivity contribution is -0.118. The molecule has 1 aliphatic rings. The fourth-order valence-electron chi connectivity index (χ4n) is 3.29. The van der Waals surface area contributed by atoms with Crippen molar-refractivity contribution in [3.05, 3.63) is 88.9 Å². The number of ether oxygens (including phenoxy) is 1. The van der Waals surface area contributed by atoms with Gasteiger partial charge in [-0.15, -0.1) is 11.8 Å². The van der Waals surface area contributed by atoms with Crippen LogP contribution in [0.5, 0.6) is 5.75 Å². The van der Waals surface area contributed by atoms with Crippen molar-refractivity contribution in [2.75, 3.05) is 22.6 Å². The Labute approximate surface area is 190 Å². The molecular formula is C24H21ClN2O3S. The number of hydrogen-bond donors (Lipinski definition) is 1. The molecule has 1 heterocycles. The van der Waals surface area contributed by atoms with E-state index in [2.05, 4.69) is 5.32 Å². The van der Waals surface area contributed by atoms with Gasteiger partial charge in [0.1, 0.15) is 11.1 Å². The maximum Gasteiger partial charge on any atom is 0.262 e. The molecule has 1 atom stereocenters. The lowest BCUT2D eigenvalue weighted by Crippen LogP contribution is -2.27. The van der Waals surface area contributed by atoms with Gasteiger partial charge in [0, 0.05) is 16.4 Å². The third-order valence-electron chi connectivity index (χ3n) is 4.82. The smallest absolute Gasteiger partial charge is 0.262 e. The van der Waals surface area contributed by atoms with E-state index >= 15 is 0 Å². The molecule has 7 heteroatoms. The van der Waals surface area contributed by atoms with Crippen LogP contribution in [0, 0.1) is 6.92 Å². The number of thioether (sulfide) groups is 1. The van der Waals surface area contributed by atoms with Crippen LogP contribution < -0.4 is 15.0 Å². The molecule has 0 aliphatic carbocycles. The van der Waals surface area contributed by atoms with E-state index in [9.17, 15) is 9.59 Å². The number of anilines is 2. The first-order valence-electron chi connectivity index (χ1n) is 9.78. The molecule has 31 heavy (non-hydrogen) atoms. The number of aryl methyl sites for hydroxylation is 1. The maximum atomic E-state index is 12.5. The molecule has 2 amide bonds. The summed E-state index contributed by atoms with van der Waals surface area (Å²) in [6.45, 7) is 1.89. The predicted octanol–water partition coefficient (Wildman–Crippen LogP) is 5.44. The summed E-state index contributed by atoms with van der Waals surface area (Å²) in [5, 5.41) is 3.27. The van der Waals surface area contributed by atoms with E-state index < -0.39 is 0 Å². The molecular weight excluding hydrogens is 432 g/mol. The van der Waals surface area contributed by atoms with Gasteiger partial charge in [-0.05, 0) is 61.0 Å². The van der Waals surface area contributed by atoms with Gasteiger partial charge in [-0.2, -0.15) is 0 Å². The van der Waals surface area contributed by atoms with Crippen molar-refractivity contribution in [3.8, 4) is 5.75 Å². The molecule has 3 aromatic rings. The Kier molecular flexibility index (Phi) is 6.49. The van der Waals surface area contributed by atoms with Gasteiger partial charge in [0.15, 0.2) is 6.61 Å². The van der Waals surface area contributed by atoms with E-state index in [1.165, 1.54) is 0 Å². The SMILES string of the molecule is Cc1ccc(NC(=O)COc2cccc([C@@H]3SCC(=O)N3c3ccc(Cl)cc3)c2)cc1. The number of carbonyl (C=O) groups is 2. The van der Waals surface area contributed by atoms with Crippen LogP contribution in [0.15, 0.2) is 72.8 Å². The average molecular weight is 453 g/mol. The van der Waals surface area contributed by atoms with Crippen molar-refractivity contribution in [1.29, 1.82) is 0 Å². The highest BCUT2D eigenvalue weighted by molar-refractivity contribution is 8.00. The Morgan fingerprint density at radius 2 is 1.87 bits per heavy atom. The van der Waals surface area contributed by atoms with E-state index in [1.54, 1.807) is 34.9 Å². The van der Waals surface area contributed by atoms with Gasteiger partial charge >= 0.3 is 0 Å². The number of hydrogen-bond acceptors (Lipinski definition) is 4. The topological polar surface area (TPSA) is 58.6 Å². The summed E-state index contributed by atoms with van der Waals surface area (Å²) in [6, 6.07) is 22.3. The van der Waals surface area contributed by atoms with Crippen molar-refractivity contribution >= 4 is 46.6 Å². The minimum atomic E-state index is -0.234. The molecule has 5 nitrogen and oxygen atoms in total. The summed E-state index contributed by atoms with van der Waals surface area (Å²) in [5.74, 6) is 0.785. The van der Waals surface area contributed by atoms with Gasteiger partial charge < -0.3 is 10.1 Å². The van der Waals surface area contributed by atoms with Crippen LogP contribution in [0.3, 0.4) is 0 Å². The predicted molar refractivity (Wildman–Crippen MR) is 126 cm³/mol. The third-order valence-corrected chi connectivity index (χ3v) is 6.29. The highest BCUT2D eigenvalue weighted by atomic mass is 35.5. The number of halogens is 1. The van der Waals surface area contributed by atoms with Crippen molar-refractivity contribution in [2.45, 2.75) is 12.3 Å². The fraction of sp³-hybridized carbons (Fsp3) is 0.167. The number of nitrogens with zero attached hydrogens (tertiary/aromatic N) is 1. The Balaban J connectivity index is 1.43. The van der Waals surface area contributed by atoms with E-state index in [4.69, 9.17) is 16.3 Å². The Hall–Kier alpha value is -2.96. The zero-order valence-corrected chi connectivity index (χ0v) is 18.5. The van der Waals surface area contributed by atoms with Gasteiger partial charge in [-0.1, -0.05) is 41.4 Å². The number of nitrogens with one attached hydrogen (secondary N) is 1. The number of rotatable bonds is 6. The molecule has 4 rings (SSSR count). The molecule has 0 radical (unpaired) electrons. The number of benzene rings is 3. The minimum absolute atomic E-state index is 0.0427. The van der Waals surface area contributed by atoms with Crippen LogP contribution in [-0.2, 0) is 9.59 Å². The van der Waals surface area contributed by atoms with Crippen molar-refractivity contribution < 1.29 is 14.3 Å². The molecule has 0 spiro atoms. The largest absolute Gasteiger partial charge is 0.484 e. The number of carbonyl (C=O) groups excluding carboxylic acids is 2. The third kappa shape index (κ3) is 5.21. The normalized spacial score (nSPS) is 15.7. The lowest BCUT2D eigenvalue weighted by Gasteiger charge is -2.24. The summed E-state index contributed by atoms with van der Waals surface area (Å²) in [5.41, 5.74) is 3.59. The van der Waals surface area contributed by atoms with Gasteiger partial charge in [-0.3, -0.25) is 14.5 Å². The monoisotopic (exact) mass is 452 g/mol. The Morgan fingerprint density at radius 3 is 2.61 bits per heavy atom. The molecule has 0 unspecified atom stereocenters. The summed E-state index contributed by atoms with van der Waals surface area (Å²) in [7, 11) is 0. The Bertz CT molecular complexity index is 1090. The molecule has 1 N–H and O–H groups in total. The second kappa shape index (κ2) is 9.45. The summed E-state index contributed by atoms with van der Waals surface area (Å²) in [4.78, 5) is 26.5. The zero-order chi connectivity index (χ0) is 21.8. The van der Waals surface area contributed by atoms with E-state index in [-0.39, 0.29) is 23.8 Å². The van der Waals surface area contributed by atoms with Crippen molar-refractivity contribution in [3.63, 3.8) is 0 Å². The van der Waals surface area contributed by atoms with Crippen LogP contribution in [0.25, 0.3) is 0 Å². The van der Waals surface area contributed by atoms with Crippen LogP contribution in [0.2, 0.25) is 5.02 Å². The van der Waals surface area contributed by atoms with E-state index in [0.29, 0.717) is 16.5 Å². The molecule has 158 valence electrons. The molecule has 1 aliphatic heterocycles. The molecule has 0 aromatic heterocycles. The molecule has 0 bridgehead atoms. The summed E-state index contributed by atoms with van der Waals surface area (Å²) >= 11 is 7.54. The zero-order valence-electron chi connectivity index (χ0n) is 16.9. The molecule has 1 fully saturated rings. The van der Waals surface area contributed by atoms with Crippen LogP contribution in [0.1, 0.15) is 16.5 Å².